The number of aromatic nitrogens is 2. The fourth-order valence-corrected chi connectivity index (χ4v) is 5.79. The number of carbonyl (C=O) groups is 2. The van der Waals surface area contributed by atoms with Crippen LogP contribution >= 0.6 is 12.4 Å². The second kappa shape index (κ2) is 10.5. The normalized spacial score (nSPS) is 20.9. The Morgan fingerprint density at radius 3 is 2.18 bits per heavy atom. The number of halogens is 4. The van der Waals surface area contributed by atoms with Crippen molar-refractivity contribution in [2.45, 2.75) is 75.5 Å². The third kappa shape index (κ3) is 5.57. The molecule has 2 saturated heterocycles. The van der Waals surface area contributed by atoms with Gasteiger partial charge in [0.25, 0.3) is 5.91 Å². The molecular formula is C27H35ClF3N5O2. The molecule has 0 spiro atoms. The van der Waals surface area contributed by atoms with Crippen molar-refractivity contribution in [3.8, 4) is 0 Å². The van der Waals surface area contributed by atoms with E-state index in [2.05, 4.69) is 5.10 Å². The van der Waals surface area contributed by atoms with Crippen molar-refractivity contribution in [2.24, 2.45) is 5.73 Å². The summed E-state index contributed by atoms with van der Waals surface area (Å²) < 4.78 is 42.7. The molecule has 0 unspecified atom stereocenters. The summed E-state index contributed by atoms with van der Waals surface area (Å²) in [5.41, 5.74) is 6.22. The van der Waals surface area contributed by atoms with Gasteiger partial charge in [-0.3, -0.25) is 14.3 Å². The van der Waals surface area contributed by atoms with E-state index >= 15 is 0 Å². The van der Waals surface area contributed by atoms with Gasteiger partial charge in [-0.15, -0.1) is 12.4 Å². The van der Waals surface area contributed by atoms with Crippen LogP contribution in [-0.2, 0) is 11.0 Å². The number of benzene rings is 1. The quantitative estimate of drug-likeness (QED) is 0.580. The Labute approximate surface area is 226 Å². The molecule has 0 bridgehead atoms. The predicted octanol–water partition coefficient (Wildman–Crippen LogP) is 4.73. The maximum Gasteiger partial charge on any atom is 0.416 e. The maximum absolute atomic E-state index is 13.6. The van der Waals surface area contributed by atoms with Gasteiger partial charge in [-0.1, -0.05) is 18.2 Å². The summed E-state index contributed by atoms with van der Waals surface area (Å²) in [4.78, 5) is 29.6. The van der Waals surface area contributed by atoms with E-state index in [1.54, 1.807) is 35.9 Å². The Bertz CT molecular complexity index is 1180. The van der Waals surface area contributed by atoms with Gasteiger partial charge in [0.05, 0.1) is 34.6 Å². The third-order valence-electron chi connectivity index (χ3n) is 7.86. The number of hydrogen-bond donors (Lipinski definition) is 1. The van der Waals surface area contributed by atoms with Crippen molar-refractivity contribution in [1.82, 2.24) is 19.6 Å². The zero-order valence-electron chi connectivity index (χ0n) is 21.7. The first-order chi connectivity index (χ1) is 17.4. The van der Waals surface area contributed by atoms with Crippen LogP contribution in [0, 0.1) is 0 Å². The molecule has 5 rings (SSSR count). The summed E-state index contributed by atoms with van der Waals surface area (Å²) in [6.07, 6.45) is 1.16. The van der Waals surface area contributed by atoms with Gasteiger partial charge in [0.15, 0.2) is 0 Å². The SMILES string of the molecule is CC(C)(N)C(=O)N1CCC(n2ncc(C(=O)N3CC[C@@H](c4ccccc4C(F)(F)F)C3)c2C2CC2)CC1.Cl. The lowest BCUT2D eigenvalue weighted by Crippen LogP contribution is -2.53. The molecule has 208 valence electrons. The van der Waals surface area contributed by atoms with Crippen molar-refractivity contribution in [1.29, 1.82) is 0 Å². The Morgan fingerprint density at radius 2 is 1.58 bits per heavy atom. The van der Waals surface area contributed by atoms with E-state index in [1.165, 1.54) is 12.1 Å². The van der Waals surface area contributed by atoms with E-state index < -0.39 is 17.3 Å². The molecule has 1 aromatic carbocycles. The molecule has 11 heteroatoms. The van der Waals surface area contributed by atoms with Crippen LogP contribution in [0.2, 0.25) is 0 Å². The van der Waals surface area contributed by atoms with Crippen molar-refractivity contribution >= 4 is 24.2 Å². The molecule has 3 fully saturated rings. The van der Waals surface area contributed by atoms with Crippen molar-refractivity contribution in [3.63, 3.8) is 0 Å². The minimum atomic E-state index is -4.42. The Morgan fingerprint density at radius 1 is 0.947 bits per heavy atom. The van der Waals surface area contributed by atoms with Gasteiger partial charge in [0, 0.05) is 38.0 Å². The minimum Gasteiger partial charge on any atom is -0.341 e. The van der Waals surface area contributed by atoms with Gasteiger partial charge >= 0.3 is 6.18 Å². The van der Waals surface area contributed by atoms with Crippen molar-refractivity contribution in [3.05, 3.63) is 52.8 Å². The summed E-state index contributed by atoms with van der Waals surface area (Å²) in [6, 6.07) is 5.75. The van der Waals surface area contributed by atoms with Crippen molar-refractivity contribution < 1.29 is 22.8 Å². The molecular weight excluding hydrogens is 519 g/mol. The zero-order valence-corrected chi connectivity index (χ0v) is 22.5. The Balaban J connectivity index is 0.00000336. The average molecular weight is 554 g/mol. The second-order valence-electron chi connectivity index (χ2n) is 11.2. The summed E-state index contributed by atoms with van der Waals surface area (Å²) >= 11 is 0. The number of piperidine rings is 1. The van der Waals surface area contributed by atoms with E-state index in [-0.39, 0.29) is 54.2 Å². The number of carbonyl (C=O) groups excluding carboxylic acids is 2. The van der Waals surface area contributed by atoms with Gasteiger partial charge in [-0.2, -0.15) is 18.3 Å². The molecule has 3 heterocycles. The molecule has 0 radical (unpaired) electrons. The molecule has 1 aromatic heterocycles. The van der Waals surface area contributed by atoms with Crippen molar-refractivity contribution in [2.75, 3.05) is 26.2 Å². The van der Waals surface area contributed by atoms with Gasteiger partial charge in [-0.05, 0) is 57.6 Å². The highest BCUT2D eigenvalue weighted by Gasteiger charge is 2.40. The lowest BCUT2D eigenvalue weighted by Gasteiger charge is -2.36. The smallest absolute Gasteiger partial charge is 0.341 e. The number of nitrogens with two attached hydrogens (primary N) is 1. The van der Waals surface area contributed by atoms with Crippen LogP contribution in [0.4, 0.5) is 13.2 Å². The van der Waals surface area contributed by atoms with Gasteiger partial charge in [-0.25, -0.2) is 0 Å². The number of amides is 2. The number of rotatable bonds is 5. The molecule has 2 aliphatic heterocycles. The topological polar surface area (TPSA) is 84.5 Å². The Hall–Kier alpha value is -2.59. The molecule has 2 aromatic rings. The van der Waals surface area contributed by atoms with Crippen LogP contribution < -0.4 is 5.73 Å². The number of alkyl halides is 3. The molecule has 7 nitrogen and oxygen atoms in total. The third-order valence-corrected chi connectivity index (χ3v) is 7.86. The molecule has 38 heavy (non-hydrogen) atoms. The van der Waals surface area contributed by atoms with E-state index in [1.807, 2.05) is 4.68 Å². The molecule has 2 N–H and O–H groups in total. The predicted molar refractivity (Wildman–Crippen MR) is 139 cm³/mol. The van der Waals surface area contributed by atoms with Crippen LogP contribution in [0.15, 0.2) is 30.5 Å². The van der Waals surface area contributed by atoms with Gasteiger partial charge in [0.1, 0.15) is 0 Å². The minimum absolute atomic E-state index is 0. The molecule has 1 atom stereocenters. The standard InChI is InChI=1S/C27H34F3N5O2.ClH/c1-26(2,31)25(37)33-13-10-19(11-14-33)35-23(17-7-8-17)21(15-32-35)24(36)34-12-9-18(16-34)20-5-3-4-6-22(20)27(28,29)30;/h3-6,15,17-19H,7-14,16,31H2,1-2H3;1H/t18-;/m1./s1. The summed E-state index contributed by atoms with van der Waals surface area (Å²) in [5, 5.41) is 4.63. The second-order valence-corrected chi connectivity index (χ2v) is 11.2. The first-order valence-corrected chi connectivity index (χ1v) is 13.1. The van der Waals surface area contributed by atoms with Crippen LogP contribution in [0.3, 0.4) is 0 Å². The lowest BCUT2D eigenvalue weighted by molar-refractivity contribution is -0.138. The van der Waals surface area contributed by atoms with Crippen LogP contribution in [0.5, 0.6) is 0 Å². The molecule has 3 aliphatic rings. The molecule has 2 amide bonds. The zero-order chi connectivity index (χ0) is 26.5. The average Bonchev–Trinajstić information content (AvgIpc) is 3.40. The highest BCUT2D eigenvalue weighted by atomic mass is 35.5. The lowest BCUT2D eigenvalue weighted by atomic mass is 9.93. The summed E-state index contributed by atoms with van der Waals surface area (Å²) in [5.74, 6) is -0.304. The monoisotopic (exact) mass is 553 g/mol. The molecule has 1 aliphatic carbocycles. The first kappa shape index (κ1) is 28.4. The fraction of sp³-hybridized carbons (Fsp3) is 0.593. The number of hydrogen-bond acceptors (Lipinski definition) is 4. The Kier molecular flexibility index (Phi) is 7.87. The van der Waals surface area contributed by atoms with E-state index in [0.29, 0.717) is 31.6 Å². The highest BCUT2D eigenvalue weighted by Crippen LogP contribution is 2.44. The highest BCUT2D eigenvalue weighted by molar-refractivity contribution is 5.95. The van der Waals surface area contributed by atoms with Crippen LogP contribution in [0.25, 0.3) is 0 Å². The van der Waals surface area contributed by atoms with E-state index in [4.69, 9.17) is 5.73 Å². The number of nitrogens with zero attached hydrogens (tertiary/aromatic N) is 4. The molecule has 1 saturated carbocycles. The fourth-order valence-electron chi connectivity index (χ4n) is 5.79. The first-order valence-electron chi connectivity index (χ1n) is 13.1. The van der Waals surface area contributed by atoms with E-state index in [0.717, 1.165) is 37.4 Å². The van der Waals surface area contributed by atoms with E-state index in [9.17, 15) is 22.8 Å². The summed E-state index contributed by atoms with van der Waals surface area (Å²) in [7, 11) is 0. The van der Waals surface area contributed by atoms with Gasteiger partial charge in [0.2, 0.25) is 5.91 Å². The van der Waals surface area contributed by atoms with Gasteiger partial charge < -0.3 is 15.5 Å². The van der Waals surface area contributed by atoms with Crippen LogP contribution in [0.1, 0.15) is 91.0 Å². The largest absolute Gasteiger partial charge is 0.416 e. The summed E-state index contributed by atoms with van der Waals surface area (Å²) in [6.45, 7) is 5.27. The van der Waals surface area contributed by atoms with Crippen LogP contribution in [-0.4, -0.2) is 63.1 Å². The maximum atomic E-state index is 13.6. The number of likely N-dealkylation sites (tertiary alicyclic amines) is 2.